The minimum atomic E-state index is -4.26. The van der Waals surface area contributed by atoms with Crippen LogP contribution in [0, 0.1) is 5.92 Å². The Morgan fingerprint density at radius 2 is 0.889 bits per heavy atom. The van der Waals surface area contributed by atoms with E-state index in [0.717, 1.165) is 25.2 Å². The van der Waals surface area contributed by atoms with E-state index in [9.17, 15) is 4.57 Å². The zero-order valence-electron chi connectivity index (χ0n) is 18.2. The minimum absolute atomic E-state index is 0.169. The lowest BCUT2D eigenvalue weighted by Gasteiger charge is -2.05. The smallest absolute Gasteiger partial charge is 0.303 e. The van der Waals surface area contributed by atoms with Gasteiger partial charge in [0.1, 0.15) is 0 Å². The van der Waals surface area contributed by atoms with Crippen molar-refractivity contribution in [2.75, 3.05) is 6.61 Å². The van der Waals surface area contributed by atoms with Gasteiger partial charge in [-0.15, -0.1) is 0 Å². The molecule has 0 spiro atoms. The van der Waals surface area contributed by atoms with Gasteiger partial charge >= 0.3 is 7.82 Å². The van der Waals surface area contributed by atoms with E-state index in [4.69, 9.17) is 9.79 Å². The summed E-state index contributed by atoms with van der Waals surface area (Å²) >= 11 is 0. The number of hydrogen-bond acceptors (Lipinski definition) is 2. The van der Waals surface area contributed by atoms with Crippen LogP contribution in [0.3, 0.4) is 0 Å². The Hall–Kier alpha value is 0.110. The summed E-state index contributed by atoms with van der Waals surface area (Å²) < 4.78 is 14.9. The molecular weight excluding hydrogens is 359 g/mol. The molecule has 0 atom stereocenters. The zero-order valence-corrected chi connectivity index (χ0v) is 19.1. The molecule has 0 heterocycles. The lowest BCUT2D eigenvalue weighted by Crippen LogP contribution is -1.92. The van der Waals surface area contributed by atoms with Gasteiger partial charge in [0.05, 0.1) is 6.61 Å². The van der Waals surface area contributed by atoms with Crippen molar-refractivity contribution < 1.29 is 18.9 Å². The van der Waals surface area contributed by atoms with Gasteiger partial charge in [-0.2, -0.15) is 0 Å². The lowest BCUT2D eigenvalue weighted by molar-refractivity contribution is 0.193. The first kappa shape index (κ1) is 27.1. The van der Waals surface area contributed by atoms with Gasteiger partial charge in [0.25, 0.3) is 0 Å². The molecule has 0 rings (SSSR count). The van der Waals surface area contributed by atoms with Gasteiger partial charge in [-0.25, -0.2) is 4.57 Å². The number of phosphoric ester groups is 1. The van der Waals surface area contributed by atoms with Crippen molar-refractivity contribution in [2.45, 2.75) is 129 Å². The average Bonchev–Trinajstić information content (AvgIpc) is 2.58. The van der Waals surface area contributed by atoms with Crippen molar-refractivity contribution in [3.05, 3.63) is 0 Å². The first-order valence-electron chi connectivity index (χ1n) is 11.6. The maximum absolute atomic E-state index is 10.5. The zero-order chi connectivity index (χ0) is 20.2. The predicted octanol–water partition coefficient (Wildman–Crippen LogP) is 7.77. The molecule has 0 aliphatic heterocycles. The first-order chi connectivity index (χ1) is 12.9. The second-order valence-corrected chi connectivity index (χ2v) is 9.76. The minimum Gasteiger partial charge on any atom is -0.303 e. The summed E-state index contributed by atoms with van der Waals surface area (Å²) in [5, 5.41) is 0. The number of phosphoric acid groups is 1. The molecule has 0 aliphatic carbocycles. The van der Waals surface area contributed by atoms with E-state index in [2.05, 4.69) is 18.4 Å². The third kappa shape index (κ3) is 26.1. The molecule has 0 bridgehead atoms. The predicted molar refractivity (Wildman–Crippen MR) is 116 cm³/mol. The highest BCUT2D eigenvalue weighted by atomic mass is 31.2. The van der Waals surface area contributed by atoms with Gasteiger partial charge in [0, 0.05) is 0 Å². The Balaban J connectivity index is 3.04. The summed E-state index contributed by atoms with van der Waals surface area (Å²) in [6, 6.07) is 0. The fraction of sp³-hybridized carbons (Fsp3) is 1.00. The molecule has 164 valence electrons. The number of unbranched alkanes of at least 4 members (excludes halogenated alkanes) is 16. The second kappa shape index (κ2) is 19.4. The van der Waals surface area contributed by atoms with Gasteiger partial charge in [0.2, 0.25) is 0 Å². The Bertz CT molecular complexity index is 341. The average molecular weight is 407 g/mol. The Morgan fingerprint density at radius 3 is 1.19 bits per heavy atom. The molecule has 0 aromatic carbocycles. The van der Waals surface area contributed by atoms with Crippen LogP contribution in [0.1, 0.15) is 129 Å². The van der Waals surface area contributed by atoms with Crippen LogP contribution in [0.2, 0.25) is 0 Å². The molecule has 0 unspecified atom stereocenters. The number of hydrogen-bond donors (Lipinski definition) is 2. The van der Waals surface area contributed by atoms with Crippen LogP contribution in [0.4, 0.5) is 0 Å². The summed E-state index contributed by atoms with van der Waals surface area (Å²) in [4.78, 5) is 17.1. The first-order valence-corrected chi connectivity index (χ1v) is 13.1. The van der Waals surface area contributed by atoms with Crippen molar-refractivity contribution in [3.8, 4) is 0 Å². The standard InChI is InChI=1S/C22H47O4P/c1-22(2)20-18-16-14-12-10-8-6-4-3-5-7-9-11-13-15-17-19-21-26-27(23,24)25/h22H,3-21H2,1-2H3,(H2,23,24,25). The van der Waals surface area contributed by atoms with Crippen LogP contribution in [-0.4, -0.2) is 16.4 Å². The van der Waals surface area contributed by atoms with E-state index in [1.54, 1.807) is 0 Å². The molecule has 27 heavy (non-hydrogen) atoms. The highest BCUT2D eigenvalue weighted by Gasteiger charge is 2.12. The summed E-state index contributed by atoms with van der Waals surface area (Å²) in [5.41, 5.74) is 0. The molecule has 2 N–H and O–H groups in total. The Labute approximate surface area is 169 Å². The molecule has 5 heteroatoms. The van der Waals surface area contributed by atoms with Gasteiger partial charge in [-0.05, 0) is 12.3 Å². The van der Waals surface area contributed by atoms with E-state index in [0.29, 0.717) is 0 Å². The van der Waals surface area contributed by atoms with Crippen molar-refractivity contribution >= 4 is 7.82 Å². The summed E-state index contributed by atoms with van der Waals surface area (Å²) in [7, 11) is -4.26. The summed E-state index contributed by atoms with van der Waals surface area (Å²) in [6.07, 6.45) is 23.7. The van der Waals surface area contributed by atoms with Gasteiger partial charge < -0.3 is 9.79 Å². The molecule has 0 amide bonds. The van der Waals surface area contributed by atoms with Crippen molar-refractivity contribution in [2.24, 2.45) is 5.92 Å². The molecule has 0 aromatic heterocycles. The quantitative estimate of drug-likeness (QED) is 0.151. The monoisotopic (exact) mass is 406 g/mol. The normalized spacial score (nSPS) is 12.2. The molecule has 0 radical (unpaired) electrons. The maximum Gasteiger partial charge on any atom is 0.469 e. The topological polar surface area (TPSA) is 66.8 Å². The molecule has 0 aliphatic rings. The number of rotatable bonds is 21. The van der Waals surface area contributed by atoms with Crippen LogP contribution in [0.15, 0.2) is 0 Å². The van der Waals surface area contributed by atoms with Gasteiger partial charge in [-0.1, -0.05) is 123 Å². The third-order valence-corrected chi connectivity index (χ3v) is 5.70. The Kier molecular flexibility index (Phi) is 19.5. The van der Waals surface area contributed by atoms with Crippen molar-refractivity contribution in [1.82, 2.24) is 0 Å². The van der Waals surface area contributed by atoms with E-state index in [1.165, 1.54) is 96.3 Å². The Morgan fingerprint density at radius 1 is 0.593 bits per heavy atom. The second-order valence-electron chi connectivity index (χ2n) is 8.52. The fourth-order valence-electron chi connectivity index (χ4n) is 3.49. The molecule has 0 saturated carbocycles. The van der Waals surface area contributed by atoms with Crippen LogP contribution in [0.5, 0.6) is 0 Å². The summed E-state index contributed by atoms with van der Waals surface area (Å²) in [5.74, 6) is 0.868. The van der Waals surface area contributed by atoms with Crippen LogP contribution in [-0.2, 0) is 9.09 Å². The SMILES string of the molecule is CC(C)CCCCCCCCCCCCCCCCCCCOP(=O)(O)O. The summed E-state index contributed by atoms with van der Waals surface area (Å²) in [6.45, 7) is 4.80. The van der Waals surface area contributed by atoms with Crippen LogP contribution < -0.4 is 0 Å². The van der Waals surface area contributed by atoms with Crippen molar-refractivity contribution in [1.29, 1.82) is 0 Å². The largest absolute Gasteiger partial charge is 0.469 e. The van der Waals surface area contributed by atoms with E-state index >= 15 is 0 Å². The molecule has 0 aromatic rings. The molecule has 0 saturated heterocycles. The van der Waals surface area contributed by atoms with Crippen molar-refractivity contribution in [3.63, 3.8) is 0 Å². The lowest BCUT2D eigenvalue weighted by atomic mass is 10.0. The highest BCUT2D eigenvalue weighted by molar-refractivity contribution is 7.46. The molecule has 0 fully saturated rings. The molecule has 4 nitrogen and oxygen atoms in total. The van der Waals surface area contributed by atoms with Crippen LogP contribution >= 0.6 is 7.82 Å². The van der Waals surface area contributed by atoms with E-state index in [1.807, 2.05) is 0 Å². The highest BCUT2D eigenvalue weighted by Crippen LogP contribution is 2.35. The molecular formula is C22H47O4P. The third-order valence-electron chi connectivity index (χ3n) is 5.19. The van der Waals surface area contributed by atoms with Crippen LogP contribution in [0.25, 0.3) is 0 Å². The van der Waals surface area contributed by atoms with E-state index in [-0.39, 0.29) is 6.61 Å². The fourth-order valence-corrected chi connectivity index (χ4v) is 3.86. The maximum atomic E-state index is 10.5. The van der Waals surface area contributed by atoms with E-state index < -0.39 is 7.82 Å². The van der Waals surface area contributed by atoms with Gasteiger partial charge in [0.15, 0.2) is 0 Å². The van der Waals surface area contributed by atoms with Gasteiger partial charge in [-0.3, -0.25) is 4.52 Å².